The average Bonchev–Trinajstić information content (AvgIpc) is 2.49. The maximum atomic E-state index is 9.13. The fourth-order valence-corrected chi connectivity index (χ4v) is 2.35. The minimum atomic E-state index is 0. The summed E-state index contributed by atoms with van der Waals surface area (Å²) in [6, 6.07) is 0. The standard InChI is InChI=1S/C14H21N3O3.2ClH.Zn/c1-3-19-13-10-12(17-5-7-18-8-6-17)14(20-4-2)9-11(13)16-15;;;/h10H,3-9H2,1-2H3;2*1H;/q;;;+2/p-2. The molecule has 1 fully saturated rings. The van der Waals surface area contributed by atoms with Gasteiger partial charge in [-0.2, -0.15) is 4.79 Å². The van der Waals surface area contributed by atoms with Gasteiger partial charge in [0, 0.05) is 19.2 Å². The van der Waals surface area contributed by atoms with Crippen molar-refractivity contribution in [3.05, 3.63) is 28.8 Å². The van der Waals surface area contributed by atoms with E-state index in [0.29, 0.717) is 44.3 Å². The first-order chi connectivity index (χ1) is 9.80. The number of allylic oxidation sites excluding steroid dienone is 3. The van der Waals surface area contributed by atoms with Crippen LogP contribution in [0.25, 0.3) is 5.53 Å². The summed E-state index contributed by atoms with van der Waals surface area (Å²) in [4.78, 5) is 5.55. The normalized spacial score (nSPS) is 17.0. The number of nitrogens with zero attached hydrogens (tertiary/aromatic N) is 3. The van der Waals surface area contributed by atoms with Gasteiger partial charge in [0.15, 0.2) is 0 Å². The second-order valence-electron chi connectivity index (χ2n) is 4.51. The van der Waals surface area contributed by atoms with Crippen LogP contribution >= 0.6 is 0 Å². The maximum absolute atomic E-state index is 9.13. The molecule has 0 aromatic rings. The van der Waals surface area contributed by atoms with Crippen molar-refractivity contribution >= 4 is 5.71 Å². The molecule has 1 aliphatic heterocycles. The molecular weight excluding hydrogens is 394 g/mol. The molecule has 2 rings (SSSR count). The van der Waals surface area contributed by atoms with Crippen LogP contribution in [-0.2, 0) is 33.7 Å². The molecule has 6 nitrogen and oxygen atoms in total. The fourth-order valence-electron chi connectivity index (χ4n) is 2.35. The Kier molecular flexibility index (Phi) is 13.7. The Bertz CT molecular complexity index is 474. The van der Waals surface area contributed by atoms with Crippen LogP contribution < -0.4 is 24.8 Å². The van der Waals surface area contributed by atoms with E-state index in [-0.39, 0.29) is 44.3 Å². The molecule has 23 heavy (non-hydrogen) atoms. The molecule has 1 aliphatic carbocycles. The molecule has 126 valence electrons. The van der Waals surface area contributed by atoms with Crippen molar-refractivity contribution in [1.82, 2.24) is 4.90 Å². The van der Waals surface area contributed by atoms with Crippen LogP contribution in [0.4, 0.5) is 0 Å². The first-order valence-corrected chi connectivity index (χ1v) is 7.04. The van der Waals surface area contributed by atoms with E-state index >= 15 is 0 Å². The van der Waals surface area contributed by atoms with Gasteiger partial charge in [-0.05, 0) is 13.8 Å². The summed E-state index contributed by atoms with van der Waals surface area (Å²) in [6.07, 6.45) is 2.35. The Labute approximate surface area is 162 Å². The van der Waals surface area contributed by atoms with Gasteiger partial charge < -0.3 is 49.5 Å². The quantitative estimate of drug-likeness (QED) is 0.258. The SMILES string of the molecule is CCOC1=CC(N2CCOCC2)=C(OCC)CC1=[N+]=[N-].[Cl-].[Cl-].[Zn+2]. The molecule has 2 aliphatic rings. The topological polar surface area (TPSA) is 67.3 Å². The molecule has 9 heteroatoms. The van der Waals surface area contributed by atoms with E-state index < -0.39 is 0 Å². The third-order valence-electron chi connectivity index (χ3n) is 3.26. The molecule has 0 spiro atoms. The molecule has 1 saturated heterocycles. The van der Waals surface area contributed by atoms with Crippen LogP contribution in [-0.4, -0.2) is 54.9 Å². The third-order valence-corrected chi connectivity index (χ3v) is 3.26. The molecule has 0 aromatic heterocycles. The molecule has 0 N–H and O–H groups in total. The van der Waals surface area contributed by atoms with Gasteiger partial charge in [0.05, 0.1) is 32.1 Å². The molecule has 0 amide bonds. The number of morpholine rings is 1. The van der Waals surface area contributed by atoms with Gasteiger partial charge in [0.25, 0.3) is 0 Å². The fraction of sp³-hybridized carbons (Fsp3) is 0.643. The number of rotatable bonds is 5. The molecule has 0 saturated carbocycles. The van der Waals surface area contributed by atoms with E-state index in [2.05, 4.69) is 9.69 Å². The minimum Gasteiger partial charge on any atom is -1.00 e. The van der Waals surface area contributed by atoms with Gasteiger partial charge in [-0.3, -0.25) is 0 Å². The summed E-state index contributed by atoms with van der Waals surface area (Å²) in [5.74, 6) is 1.44. The Morgan fingerprint density at radius 3 is 2.30 bits per heavy atom. The van der Waals surface area contributed by atoms with Crippen LogP contribution in [0.15, 0.2) is 23.3 Å². The predicted octanol–water partition coefficient (Wildman–Crippen LogP) is -4.43. The first-order valence-electron chi connectivity index (χ1n) is 7.04. The van der Waals surface area contributed by atoms with Gasteiger partial charge in [0.1, 0.15) is 12.2 Å². The molecule has 0 radical (unpaired) electrons. The Hall–Kier alpha value is -0.577. The van der Waals surface area contributed by atoms with Gasteiger partial charge in [-0.25, -0.2) is 0 Å². The number of hydrogen-bond donors (Lipinski definition) is 0. The molecule has 0 aromatic carbocycles. The van der Waals surface area contributed by atoms with Gasteiger partial charge >= 0.3 is 25.2 Å². The second-order valence-corrected chi connectivity index (χ2v) is 4.51. The summed E-state index contributed by atoms with van der Waals surface area (Å²) in [5.41, 5.74) is 10.6. The zero-order valence-electron chi connectivity index (χ0n) is 13.6. The predicted molar refractivity (Wildman–Crippen MR) is 74.0 cm³/mol. The molecule has 0 atom stereocenters. The summed E-state index contributed by atoms with van der Waals surface area (Å²) < 4.78 is 16.7. The monoisotopic (exact) mass is 413 g/mol. The van der Waals surface area contributed by atoms with Crippen molar-refractivity contribution in [3.63, 3.8) is 0 Å². The van der Waals surface area contributed by atoms with E-state index in [1.807, 2.05) is 19.9 Å². The van der Waals surface area contributed by atoms with Gasteiger partial charge in [-0.15, -0.1) is 0 Å². The van der Waals surface area contributed by atoms with Gasteiger partial charge in [0.2, 0.25) is 5.76 Å². The van der Waals surface area contributed by atoms with Crippen LogP contribution in [0, 0.1) is 0 Å². The summed E-state index contributed by atoms with van der Waals surface area (Å²) in [5, 5.41) is 0. The maximum Gasteiger partial charge on any atom is 2.00 e. The van der Waals surface area contributed by atoms with Crippen molar-refractivity contribution in [1.29, 1.82) is 0 Å². The summed E-state index contributed by atoms with van der Waals surface area (Å²) in [6.45, 7) is 8.04. The average molecular weight is 416 g/mol. The second kappa shape index (κ2) is 12.8. The third kappa shape index (κ3) is 6.44. The van der Waals surface area contributed by atoms with E-state index in [0.717, 1.165) is 24.5 Å². The van der Waals surface area contributed by atoms with Crippen molar-refractivity contribution in [2.45, 2.75) is 20.3 Å². The number of ether oxygens (including phenoxy) is 3. The Morgan fingerprint density at radius 2 is 1.78 bits per heavy atom. The molecule has 1 heterocycles. The summed E-state index contributed by atoms with van der Waals surface area (Å²) >= 11 is 0. The number of hydrogen-bond acceptors (Lipinski definition) is 4. The zero-order chi connectivity index (χ0) is 14.4. The van der Waals surface area contributed by atoms with Crippen LogP contribution in [0.3, 0.4) is 0 Å². The Morgan fingerprint density at radius 1 is 1.17 bits per heavy atom. The largest absolute Gasteiger partial charge is 2.00 e. The van der Waals surface area contributed by atoms with Crippen molar-refractivity contribution < 1.29 is 63.3 Å². The minimum absolute atomic E-state index is 0. The first kappa shape index (κ1) is 24.7. The number of halogens is 2. The van der Waals surface area contributed by atoms with E-state index in [1.165, 1.54) is 0 Å². The van der Waals surface area contributed by atoms with Crippen LogP contribution in [0.2, 0.25) is 0 Å². The summed E-state index contributed by atoms with van der Waals surface area (Å²) in [7, 11) is 0. The molecule has 0 unspecified atom stereocenters. The van der Waals surface area contributed by atoms with Gasteiger partial charge in [-0.1, -0.05) is 0 Å². The van der Waals surface area contributed by atoms with Crippen LogP contribution in [0.1, 0.15) is 20.3 Å². The van der Waals surface area contributed by atoms with E-state index in [9.17, 15) is 0 Å². The Balaban J connectivity index is 0. The van der Waals surface area contributed by atoms with E-state index in [4.69, 9.17) is 19.7 Å². The van der Waals surface area contributed by atoms with Crippen LogP contribution in [0.5, 0.6) is 0 Å². The van der Waals surface area contributed by atoms with Crippen molar-refractivity contribution in [3.8, 4) is 0 Å². The molecule has 0 bridgehead atoms. The van der Waals surface area contributed by atoms with Crippen molar-refractivity contribution in [2.24, 2.45) is 0 Å². The van der Waals surface area contributed by atoms with E-state index in [1.54, 1.807) is 0 Å². The zero-order valence-corrected chi connectivity index (χ0v) is 18.0. The van der Waals surface area contributed by atoms with Crippen molar-refractivity contribution in [2.75, 3.05) is 39.5 Å². The molecular formula is C14H21Cl2N3O3Zn. The smallest absolute Gasteiger partial charge is 1.00 e.